The van der Waals surface area contributed by atoms with E-state index >= 15 is 0 Å². The zero-order valence-corrected chi connectivity index (χ0v) is 15.4. The maximum Gasteiger partial charge on any atom is 0.259 e. The molecule has 2 saturated heterocycles. The van der Waals surface area contributed by atoms with Crippen molar-refractivity contribution in [2.75, 3.05) is 31.5 Å². The van der Waals surface area contributed by atoms with Crippen LogP contribution in [0.3, 0.4) is 0 Å². The maximum atomic E-state index is 12.9. The first-order valence-corrected chi connectivity index (χ1v) is 9.74. The van der Waals surface area contributed by atoms with Crippen LogP contribution in [0.4, 0.5) is 5.69 Å². The summed E-state index contributed by atoms with van der Waals surface area (Å²) in [5.74, 6) is 0.190. The number of para-hydroxylation sites is 1. The molecule has 2 aromatic rings. The molecule has 4 N–H and O–H groups in total. The molecule has 2 aliphatic heterocycles. The SMILES string of the molecule is O=C(Nc1ccccc1CN1CCC(O)CC1)c1cn[nH]c1C1CCNC1. The summed E-state index contributed by atoms with van der Waals surface area (Å²) in [6.45, 7) is 4.37. The van der Waals surface area contributed by atoms with E-state index in [2.05, 4.69) is 31.8 Å². The van der Waals surface area contributed by atoms with Gasteiger partial charge in [0.1, 0.15) is 0 Å². The number of nitrogens with one attached hydrogen (secondary N) is 3. The molecule has 1 aromatic carbocycles. The van der Waals surface area contributed by atoms with E-state index in [0.717, 1.165) is 68.9 Å². The van der Waals surface area contributed by atoms with E-state index in [4.69, 9.17) is 0 Å². The van der Waals surface area contributed by atoms with Gasteiger partial charge in [0.05, 0.1) is 23.6 Å². The summed E-state index contributed by atoms with van der Waals surface area (Å²) in [6.07, 6.45) is 4.07. The average Bonchev–Trinajstić information content (AvgIpc) is 3.36. The maximum absolute atomic E-state index is 12.9. The molecule has 0 bridgehead atoms. The number of aliphatic hydroxyl groups is 1. The van der Waals surface area contributed by atoms with Gasteiger partial charge in [-0.2, -0.15) is 5.10 Å². The highest BCUT2D eigenvalue weighted by Gasteiger charge is 2.25. The molecule has 7 nitrogen and oxygen atoms in total. The van der Waals surface area contributed by atoms with Crippen LogP contribution in [0.2, 0.25) is 0 Å². The van der Waals surface area contributed by atoms with Gasteiger partial charge >= 0.3 is 0 Å². The van der Waals surface area contributed by atoms with E-state index in [-0.39, 0.29) is 12.0 Å². The molecule has 0 saturated carbocycles. The minimum atomic E-state index is -0.180. The lowest BCUT2D eigenvalue weighted by atomic mass is 10.0. The Hall–Kier alpha value is -2.22. The molecule has 3 heterocycles. The van der Waals surface area contributed by atoms with Gasteiger partial charge in [0.2, 0.25) is 0 Å². The van der Waals surface area contributed by atoms with Crippen molar-refractivity contribution in [3.05, 3.63) is 47.3 Å². The van der Waals surface area contributed by atoms with E-state index in [1.54, 1.807) is 6.20 Å². The summed E-state index contributed by atoms with van der Waals surface area (Å²) in [7, 11) is 0. The molecule has 0 radical (unpaired) electrons. The Bertz CT molecular complexity index is 776. The number of anilines is 1. The molecular weight excluding hydrogens is 342 g/mol. The number of piperidine rings is 1. The summed E-state index contributed by atoms with van der Waals surface area (Å²) in [6, 6.07) is 7.94. The van der Waals surface area contributed by atoms with Crippen molar-refractivity contribution in [3.63, 3.8) is 0 Å². The molecule has 1 unspecified atom stereocenters. The Morgan fingerprint density at radius 2 is 2.07 bits per heavy atom. The number of aliphatic hydroxyl groups excluding tert-OH is 1. The second kappa shape index (κ2) is 8.21. The number of amides is 1. The van der Waals surface area contributed by atoms with Gasteiger partial charge in [-0.05, 0) is 37.4 Å². The van der Waals surface area contributed by atoms with E-state index in [1.807, 2.05) is 18.2 Å². The molecule has 144 valence electrons. The first kappa shape index (κ1) is 18.2. The number of hydrogen-bond donors (Lipinski definition) is 4. The van der Waals surface area contributed by atoms with Crippen molar-refractivity contribution in [2.45, 2.75) is 37.8 Å². The Labute approximate surface area is 159 Å². The highest BCUT2D eigenvalue weighted by atomic mass is 16.3. The van der Waals surface area contributed by atoms with Gasteiger partial charge < -0.3 is 15.7 Å². The number of carbonyl (C=O) groups is 1. The molecule has 0 spiro atoms. The topological polar surface area (TPSA) is 93.3 Å². The van der Waals surface area contributed by atoms with Crippen molar-refractivity contribution in [1.82, 2.24) is 20.4 Å². The van der Waals surface area contributed by atoms with Crippen LogP contribution < -0.4 is 10.6 Å². The zero-order valence-electron chi connectivity index (χ0n) is 15.4. The van der Waals surface area contributed by atoms with E-state index < -0.39 is 0 Å². The van der Waals surface area contributed by atoms with Crippen LogP contribution in [0.25, 0.3) is 0 Å². The van der Waals surface area contributed by atoms with Crippen molar-refractivity contribution in [1.29, 1.82) is 0 Å². The molecule has 1 atom stereocenters. The Morgan fingerprint density at radius 3 is 2.85 bits per heavy atom. The Morgan fingerprint density at radius 1 is 1.26 bits per heavy atom. The van der Waals surface area contributed by atoms with Crippen molar-refractivity contribution < 1.29 is 9.90 Å². The van der Waals surface area contributed by atoms with E-state index in [0.29, 0.717) is 11.5 Å². The van der Waals surface area contributed by atoms with Crippen LogP contribution in [0.15, 0.2) is 30.5 Å². The summed E-state index contributed by atoms with van der Waals surface area (Å²) in [5.41, 5.74) is 3.47. The second-order valence-electron chi connectivity index (χ2n) is 7.51. The van der Waals surface area contributed by atoms with Crippen molar-refractivity contribution in [3.8, 4) is 0 Å². The fourth-order valence-corrected chi connectivity index (χ4v) is 3.98. The second-order valence-corrected chi connectivity index (χ2v) is 7.51. The van der Waals surface area contributed by atoms with Crippen LogP contribution in [-0.2, 0) is 6.54 Å². The number of carbonyl (C=O) groups excluding carboxylic acids is 1. The Kier molecular flexibility index (Phi) is 5.52. The fourth-order valence-electron chi connectivity index (χ4n) is 3.98. The first-order valence-electron chi connectivity index (χ1n) is 9.74. The quantitative estimate of drug-likeness (QED) is 0.644. The van der Waals surface area contributed by atoms with E-state index in [1.165, 1.54) is 0 Å². The number of benzene rings is 1. The number of rotatable bonds is 5. The molecule has 7 heteroatoms. The lowest BCUT2D eigenvalue weighted by molar-refractivity contribution is 0.0793. The zero-order chi connectivity index (χ0) is 18.6. The summed E-state index contributed by atoms with van der Waals surface area (Å²) in [5, 5.41) is 23.2. The molecule has 1 aromatic heterocycles. The molecular formula is C20H27N5O2. The van der Waals surface area contributed by atoms with Gasteiger partial charge in [-0.25, -0.2) is 0 Å². The van der Waals surface area contributed by atoms with Crippen LogP contribution >= 0.6 is 0 Å². The number of H-pyrrole nitrogens is 1. The van der Waals surface area contributed by atoms with Gasteiger partial charge in [-0.15, -0.1) is 0 Å². The van der Waals surface area contributed by atoms with Crippen LogP contribution in [0.1, 0.15) is 46.8 Å². The van der Waals surface area contributed by atoms with Gasteiger partial charge in [-0.1, -0.05) is 18.2 Å². The third-order valence-electron chi connectivity index (χ3n) is 5.60. The monoisotopic (exact) mass is 369 g/mol. The summed E-state index contributed by atoms with van der Waals surface area (Å²) in [4.78, 5) is 15.2. The minimum Gasteiger partial charge on any atom is -0.393 e. The smallest absolute Gasteiger partial charge is 0.259 e. The molecule has 1 amide bonds. The highest BCUT2D eigenvalue weighted by Crippen LogP contribution is 2.25. The molecule has 2 aliphatic rings. The summed E-state index contributed by atoms with van der Waals surface area (Å²) >= 11 is 0. The molecule has 0 aliphatic carbocycles. The molecule has 27 heavy (non-hydrogen) atoms. The predicted octanol–water partition coefficient (Wildman–Crippen LogP) is 1.70. The van der Waals surface area contributed by atoms with Crippen LogP contribution in [-0.4, -0.2) is 58.4 Å². The third kappa shape index (κ3) is 4.21. The highest BCUT2D eigenvalue weighted by molar-refractivity contribution is 6.05. The average molecular weight is 369 g/mol. The van der Waals surface area contributed by atoms with Gasteiger partial charge in [0.15, 0.2) is 0 Å². The first-order chi connectivity index (χ1) is 13.2. The van der Waals surface area contributed by atoms with Crippen molar-refractivity contribution in [2.24, 2.45) is 0 Å². The number of nitrogens with zero attached hydrogens (tertiary/aromatic N) is 2. The predicted molar refractivity (Wildman–Crippen MR) is 104 cm³/mol. The lowest BCUT2D eigenvalue weighted by Gasteiger charge is -2.30. The summed E-state index contributed by atoms with van der Waals surface area (Å²) < 4.78 is 0. The molecule has 2 fully saturated rings. The van der Waals surface area contributed by atoms with E-state index in [9.17, 15) is 9.90 Å². The van der Waals surface area contributed by atoms with Gasteiger partial charge in [0, 0.05) is 37.8 Å². The number of aromatic amines is 1. The third-order valence-corrected chi connectivity index (χ3v) is 5.60. The fraction of sp³-hybridized carbons (Fsp3) is 0.500. The van der Waals surface area contributed by atoms with Crippen molar-refractivity contribution >= 4 is 11.6 Å². The normalized spacial score (nSPS) is 21.4. The minimum absolute atomic E-state index is 0.118. The van der Waals surface area contributed by atoms with Crippen LogP contribution in [0.5, 0.6) is 0 Å². The van der Waals surface area contributed by atoms with Crippen LogP contribution in [0, 0.1) is 0 Å². The molecule has 4 rings (SSSR count). The Balaban J connectivity index is 1.47. The van der Waals surface area contributed by atoms with Gasteiger partial charge in [0.25, 0.3) is 5.91 Å². The number of likely N-dealkylation sites (tertiary alicyclic amines) is 1. The number of aromatic nitrogens is 2. The largest absolute Gasteiger partial charge is 0.393 e. The number of hydrogen-bond acceptors (Lipinski definition) is 5. The lowest BCUT2D eigenvalue weighted by Crippen LogP contribution is -2.35. The standard InChI is InChI=1S/C20H27N5O2/c26-16-6-9-25(10-7-16)13-15-3-1-2-4-18(15)23-20(27)17-12-22-24-19(17)14-5-8-21-11-14/h1-4,12,14,16,21,26H,5-11,13H2,(H,22,24)(H,23,27). The van der Waals surface area contributed by atoms with Gasteiger partial charge in [-0.3, -0.25) is 14.8 Å².